The molecule has 8 heteroatoms. The number of nitrogens with zero attached hydrogens (tertiary/aromatic N) is 3. The number of benzene rings is 3. The number of hydrogen-bond acceptors (Lipinski definition) is 5. The van der Waals surface area contributed by atoms with E-state index in [0.29, 0.717) is 5.69 Å². The van der Waals surface area contributed by atoms with Gasteiger partial charge in [-0.2, -0.15) is 0 Å². The van der Waals surface area contributed by atoms with Crippen LogP contribution in [0.2, 0.25) is 0 Å². The Labute approximate surface area is 165 Å². The summed E-state index contributed by atoms with van der Waals surface area (Å²) in [6.45, 7) is 0. The van der Waals surface area contributed by atoms with Crippen LogP contribution in [0.4, 0.5) is 11.4 Å². The van der Waals surface area contributed by atoms with Gasteiger partial charge in [-0.15, -0.1) is 0 Å². The Morgan fingerprint density at radius 2 is 1.86 bits per heavy atom. The van der Waals surface area contributed by atoms with Crippen LogP contribution in [0.5, 0.6) is 5.75 Å². The van der Waals surface area contributed by atoms with Crippen molar-refractivity contribution in [3.8, 4) is 11.4 Å². The molecule has 0 atom stereocenters. The van der Waals surface area contributed by atoms with Crippen LogP contribution in [-0.2, 0) is 0 Å². The topological polar surface area (TPSA) is 99.3 Å². The number of para-hydroxylation sites is 1. The monoisotopic (exact) mass is 388 g/mol. The number of nitrogens with one attached hydrogen (secondary N) is 1. The lowest BCUT2D eigenvalue weighted by molar-refractivity contribution is -0.385. The molecule has 4 aromatic rings. The average Bonchev–Trinajstić information content (AvgIpc) is 3.17. The van der Waals surface area contributed by atoms with Gasteiger partial charge in [0.2, 0.25) is 0 Å². The predicted molar refractivity (Wildman–Crippen MR) is 109 cm³/mol. The number of imidazole rings is 1. The number of nitro groups is 1. The SMILES string of the molecule is COc1ccc2c(c1)ncn2-c1ccc(NC(=O)c2ccccc2[N+](=O)[O-])cc1. The first-order chi connectivity index (χ1) is 14.1. The first kappa shape index (κ1) is 18.2. The summed E-state index contributed by atoms with van der Waals surface area (Å²) in [4.78, 5) is 27.4. The number of ether oxygens (including phenoxy) is 1. The Kier molecular flexibility index (Phi) is 4.66. The molecule has 0 aliphatic rings. The first-order valence-corrected chi connectivity index (χ1v) is 8.73. The summed E-state index contributed by atoms with van der Waals surface area (Å²) in [6.07, 6.45) is 1.71. The molecule has 1 heterocycles. The number of amides is 1. The van der Waals surface area contributed by atoms with Crippen LogP contribution in [0, 0.1) is 10.1 Å². The van der Waals surface area contributed by atoms with Gasteiger partial charge in [0.25, 0.3) is 11.6 Å². The number of rotatable bonds is 5. The Morgan fingerprint density at radius 3 is 2.59 bits per heavy atom. The summed E-state index contributed by atoms with van der Waals surface area (Å²) in [5.41, 5.74) is 2.89. The Bertz CT molecular complexity index is 1220. The molecule has 144 valence electrons. The molecule has 0 aliphatic heterocycles. The van der Waals surface area contributed by atoms with Crippen molar-refractivity contribution in [1.82, 2.24) is 9.55 Å². The molecular formula is C21H16N4O4. The molecule has 0 radical (unpaired) electrons. The van der Waals surface area contributed by atoms with Gasteiger partial charge in [0.1, 0.15) is 17.6 Å². The largest absolute Gasteiger partial charge is 0.497 e. The second kappa shape index (κ2) is 7.43. The van der Waals surface area contributed by atoms with Gasteiger partial charge in [0.05, 0.1) is 23.1 Å². The van der Waals surface area contributed by atoms with E-state index < -0.39 is 10.8 Å². The third-order valence-corrected chi connectivity index (χ3v) is 4.50. The number of methoxy groups -OCH3 is 1. The molecule has 0 unspecified atom stereocenters. The van der Waals surface area contributed by atoms with Gasteiger partial charge in [-0.1, -0.05) is 12.1 Å². The van der Waals surface area contributed by atoms with Crippen molar-refractivity contribution >= 4 is 28.3 Å². The van der Waals surface area contributed by atoms with Crippen molar-refractivity contribution in [2.75, 3.05) is 12.4 Å². The normalized spacial score (nSPS) is 10.7. The lowest BCUT2D eigenvalue weighted by Crippen LogP contribution is -2.13. The predicted octanol–water partition coefficient (Wildman–Crippen LogP) is 4.19. The minimum Gasteiger partial charge on any atom is -0.497 e. The zero-order chi connectivity index (χ0) is 20.4. The number of fused-ring (bicyclic) bond motifs is 1. The van der Waals surface area contributed by atoms with Crippen molar-refractivity contribution in [3.05, 3.63) is 88.7 Å². The fraction of sp³-hybridized carbons (Fsp3) is 0.0476. The molecule has 8 nitrogen and oxygen atoms in total. The molecule has 0 spiro atoms. The van der Waals surface area contributed by atoms with Crippen molar-refractivity contribution < 1.29 is 14.5 Å². The van der Waals surface area contributed by atoms with E-state index in [1.807, 2.05) is 34.9 Å². The van der Waals surface area contributed by atoms with Crippen molar-refractivity contribution in [2.24, 2.45) is 0 Å². The minimum atomic E-state index is -0.572. The molecule has 0 saturated carbocycles. The van der Waals surface area contributed by atoms with Crippen molar-refractivity contribution in [3.63, 3.8) is 0 Å². The fourth-order valence-electron chi connectivity index (χ4n) is 3.05. The highest BCUT2D eigenvalue weighted by molar-refractivity contribution is 6.07. The average molecular weight is 388 g/mol. The lowest BCUT2D eigenvalue weighted by atomic mass is 10.1. The van der Waals surface area contributed by atoms with E-state index in [2.05, 4.69) is 10.3 Å². The van der Waals surface area contributed by atoms with Crippen LogP contribution in [0.15, 0.2) is 73.1 Å². The second-order valence-corrected chi connectivity index (χ2v) is 6.24. The van der Waals surface area contributed by atoms with Crippen LogP contribution in [0.1, 0.15) is 10.4 Å². The molecule has 1 N–H and O–H groups in total. The van der Waals surface area contributed by atoms with Gasteiger partial charge >= 0.3 is 0 Å². The zero-order valence-electron chi connectivity index (χ0n) is 15.4. The first-order valence-electron chi connectivity index (χ1n) is 8.73. The van der Waals surface area contributed by atoms with E-state index in [0.717, 1.165) is 22.5 Å². The maximum Gasteiger partial charge on any atom is 0.282 e. The van der Waals surface area contributed by atoms with Crippen LogP contribution < -0.4 is 10.1 Å². The van der Waals surface area contributed by atoms with Crippen LogP contribution in [-0.4, -0.2) is 27.5 Å². The zero-order valence-corrected chi connectivity index (χ0v) is 15.4. The summed E-state index contributed by atoms with van der Waals surface area (Å²) < 4.78 is 7.14. The van der Waals surface area contributed by atoms with Gasteiger partial charge < -0.3 is 10.1 Å². The van der Waals surface area contributed by atoms with Gasteiger partial charge in [0, 0.05) is 23.5 Å². The summed E-state index contributed by atoms with van der Waals surface area (Å²) in [5, 5.41) is 13.8. The molecule has 1 amide bonds. The van der Waals surface area contributed by atoms with Crippen LogP contribution in [0.25, 0.3) is 16.7 Å². The van der Waals surface area contributed by atoms with Gasteiger partial charge in [-0.05, 0) is 42.5 Å². The molecule has 0 fully saturated rings. The minimum absolute atomic E-state index is 0.0103. The van der Waals surface area contributed by atoms with E-state index in [9.17, 15) is 14.9 Å². The molecule has 0 saturated heterocycles. The molecule has 4 rings (SSSR count). The maximum atomic E-state index is 12.4. The van der Waals surface area contributed by atoms with E-state index in [4.69, 9.17) is 4.74 Å². The van der Waals surface area contributed by atoms with Crippen LogP contribution in [0.3, 0.4) is 0 Å². The number of anilines is 1. The van der Waals surface area contributed by atoms with E-state index in [1.54, 1.807) is 31.6 Å². The number of hydrogen-bond donors (Lipinski definition) is 1. The van der Waals surface area contributed by atoms with Crippen molar-refractivity contribution in [2.45, 2.75) is 0 Å². The molecule has 0 bridgehead atoms. The van der Waals surface area contributed by atoms with E-state index in [-0.39, 0.29) is 11.3 Å². The molecular weight excluding hydrogens is 372 g/mol. The highest BCUT2D eigenvalue weighted by atomic mass is 16.6. The van der Waals surface area contributed by atoms with E-state index >= 15 is 0 Å². The second-order valence-electron chi connectivity index (χ2n) is 6.24. The highest BCUT2D eigenvalue weighted by Crippen LogP contribution is 2.24. The Hall–Kier alpha value is -4.20. The summed E-state index contributed by atoms with van der Waals surface area (Å²) >= 11 is 0. The van der Waals surface area contributed by atoms with Crippen molar-refractivity contribution in [1.29, 1.82) is 0 Å². The van der Waals surface area contributed by atoms with Gasteiger partial charge in [0.15, 0.2) is 0 Å². The smallest absolute Gasteiger partial charge is 0.282 e. The van der Waals surface area contributed by atoms with E-state index in [1.165, 1.54) is 18.2 Å². The third-order valence-electron chi connectivity index (χ3n) is 4.50. The lowest BCUT2D eigenvalue weighted by Gasteiger charge is -2.08. The summed E-state index contributed by atoms with van der Waals surface area (Å²) in [7, 11) is 1.61. The molecule has 3 aromatic carbocycles. The standard InChI is InChI=1S/C21H16N4O4/c1-29-16-10-11-20-18(12-16)22-13-24(20)15-8-6-14(7-9-15)23-21(26)17-4-2-3-5-19(17)25(27)28/h2-13H,1H3,(H,23,26). The fourth-order valence-corrected chi connectivity index (χ4v) is 3.05. The van der Waals surface area contributed by atoms with Crippen LogP contribution >= 0.6 is 0 Å². The highest BCUT2D eigenvalue weighted by Gasteiger charge is 2.19. The maximum absolute atomic E-state index is 12.4. The number of carbonyl (C=O) groups excluding carboxylic acids is 1. The number of aromatic nitrogens is 2. The number of nitro benzene ring substituents is 1. The summed E-state index contributed by atoms with van der Waals surface area (Å²) in [5.74, 6) is 0.195. The molecule has 29 heavy (non-hydrogen) atoms. The Balaban J connectivity index is 1.57. The Morgan fingerprint density at radius 1 is 1.10 bits per heavy atom. The third kappa shape index (κ3) is 3.51. The number of carbonyl (C=O) groups is 1. The van der Waals surface area contributed by atoms with Gasteiger partial charge in [-0.3, -0.25) is 19.5 Å². The van der Waals surface area contributed by atoms with Gasteiger partial charge in [-0.25, -0.2) is 4.98 Å². The quantitative estimate of drug-likeness (QED) is 0.408. The molecule has 0 aliphatic carbocycles. The molecule has 1 aromatic heterocycles. The summed E-state index contributed by atoms with van der Waals surface area (Å²) in [6, 6.07) is 18.6.